The van der Waals surface area contributed by atoms with Gasteiger partial charge in [0, 0.05) is 0 Å². The lowest BCUT2D eigenvalue weighted by Crippen LogP contribution is -1.71. The molecular formula is C7H8BS. The van der Waals surface area contributed by atoms with Crippen molar-refractivity contribution in [1.29, 1.82) is 0 Å². The third kappa shape index (κ3) is 2.14. The number of hydrogen-bond donors (Lipinski definition) is 0. The second-order valence-corrected chi connectivity index (χ2v) is 2.85. The van der Waals surface area contributed by atoms with Crippen LogP contribution < -0.4 is 0 Å². The Bertz CT molecular complexity index is 162. The zero-order chi connectivity index (χ0) is 6.53. The molecule has 0 aliphatic carbocycles. The third-order valence-electron chi connectivity index (χ3n) is 0.997. The van der Waals surface area contributed by atoms with E-state index in [4.69, 9.17) is 0 Å². The van der Waals surface area contributed by atoms with E-state index >= 15 is 0 Å². The minimum atomic E-state index is 1.31. The molecule has 2 heteroatoms. The fourth-order valence-electron chi connectivity index (χ4n) is 0.635. The van der Waals surface area contributed by atoms with Crippen LogP contribution in [0.4, 0.5) is 0 Å². The maximum atomic E-state index is 2.10. The van der Waals surface area contributed by atoms with Gasteiger partial charge in [0.05, 0.1) is 0 Å². The van der Waals surface area contributed by atoms with Crippen molar-refractivity contribution in [3.05, 3.63) is 30.3 Å². The summed E-state index contributed by atoms with van der Waals surface area (Å²) in [7, 11) is 0. The van der Waals surface area contributed by atoms with E-state index in [9.17, 15) is 0 Å². The highest BCUT2D eigenvalue weighted by Crippen LogP contribution is 2.13. The molecule has 1 radical (unpaired) electrons. The Kier molecular flexibility index (Phi) is 2.72. The van der Waals surface area contributed by atoms with E-state index in [2.05, 4.69) is 18.7 Å². The predicted octanol–water partition coefficient (Wildman–Crippen LogP) is 2.45. The summed E-state index contributed by atoms with van der Waals surface area (Å²) in [6.07, 6.45) is 0. The topological polar surface area (TPSA) is 0 Å². The van der Waals surface area contributed by atoms with E-state index in [1.165, 1.54) is 4.90 Å². The second-order valence-electron chi connectivity index (χ2n) is 1.67. The first-order valence-corrected chi connectivity index (χ1v) is 3.81. The lowest BCUT2D eigenvalue weighted by Gasteiger charge is -1.93. The quantitative estimate of drug-likeness (QED) is 0.561. The van der Waals surface area contributed by atoms with Crippen molar-refractivity contribution >= 4 is 18.2 Å². The zero-order valence-electron chi connectivity index (χ0n) is 5.37. The third-order valence-corrected chi connectivity index (χ3v) is 1.78. The molecule has 0 heterocycles. The largest absolute Gasteiger partial charge is 0.195 e. The average Bonchev–Trinajstić information content (AvgIpc) is 1.91. The number of hydrogen-bond acceptors (Lipinski definition) is 1. The summed E-state index contributed by atoms with van der Waals surface area (Å²) < 4.78 is 0. The van der Waals surface area contributed by atoms with Gasteiger partial charge < -0.3 is 0 Å². The summed E-state index contributed by atoms with van der Waals surface area (Å²) in [5.74, 6) is 0. The molecule has 0 spiro atoms. The summed E-state index contributed by atoms with van der Waals surface area (Å²) in [5.41, 5.74) is 0. The SMILES string of the molecule is C[B]Sc1ccccc1. The second kappa shape index (κ2) is 3.62. The summed E-state index contributed by atoms with van der Waals surface area (Å²) in [6, 6.07) is 10.3. The highest BCUT2D eigenvalue weighted by molar-refractivity contribution is 8.22. The van der Waals surface area contributed by atoms with Gasteiger partial charge in [-0.1, -0.05) is 25.0 Å². The maximum absolute atomic E-state index is 2.10. The van der Waals surface area contributed by atoms with E-state index in [1.807, 2.05) is 25.0 Å². The fraction of sp³-hybridized carbons (Fsp3) is 0.143. The molecule has 0 aliphatic heterocycles. The van der Waals surface area contributed by atoms with Crippen LogP contribution in [0, 0.1) is 0 Å². The van der Waals surface area contributed by atoms with Crippen LogP contribution in [0.1, 0.15) is 0 Å². The van der Waals surface area contributed by atoms with Crippen LogP contribution in [0.25, 0.3) is 0 Å². The molecule has 1 rings (SSSR count). The molecular weight excluding hydrogens is 127 g/mol. The molecule has 0 aromatic heterocycles. The van der Waals surface area contributed by atoms with Gasteiger partial charge in [0.15, 0.2) is 6.56 Å². The van der Waals surface area contributed by atoms with Crippen molar-refractivity contribution in [2.24, 2.45) is 0 Å². The highest BCUT2D eigenvalue weighted by atomic mass is 32.2. The number of rotatable bonds is 2. The van der Waals surface area contributed by atoms with Crippen LogP contribution >= 0.6 is 11.6 Å². The average molecular weight is 135 g/mol. The van der Waals surface area contributed by atoms with E-state index in [-0.39, 0.29) is 0 Å². The van der Waals surface area contributed by atoms with E-state index in [0.717, 1.165) is 0 Å². The molecule has 0 amide bonds. The fourth-order valence-corrected chi connectivity index (χ4v) is 1.22. The molecule has 0 nitrogen and oxygen atoms in total. The maximum Gasteiger partial charge on any atom is 0.195 e. The molecule has 0 saturated heterocycles. The van der Waals surface area contributed by atoms with Crippen molar-refractivity contribution in [2.45, 2.75) is 11.7 Å². The predicted molar refractivity (Wildman–Crippen MR) is 43.9 cm³/mol. The molecule has 0 fully saturated rings. The Hall–Kier alpha value is -0.365. The van der Waals surface area contributed by atoms with Crippen LogP contribution in [0.3, 0.4) is 0 Å². The summed E-state index contributed by atoms with van der Waals surface area (Å²) >= 11 is 1.75. The summed E-state index contributed by atoms with van der Waals surface area (Å²) in [4.78, 5) is 1.31. The minimum absolute atomic E-state index is 1.31. The van der Waals surface area contributed by atoms with Gasteiger partial charge in [-0.05, 0) is 17.0 Å². The Labute approximate surface area is 60.8 Å². The van der Waals surface area contributed by atoms with E-state index < -0.39 is 0 Å². The highest BCUT2D eigenvalue weighted by Gasteiger charge is 1.85. The molecule has 1 aromatic rings. The van der Waals surface area contributed by atoms with Gasteiger partial charge in [-0.15, -0.1) is 0 Å². The smallest absolute Gasteiger partial charge is 0.184 e. The monoisotopic (exact) mass is 135 g/mol. The standard InChI is InChI=1S/C7H8BS/c1-8-9-7-5-3-2-4-6-7/h2-6H,1H3. The number of benzene rings is 1. The molecule has 0 bridgehead atoms. The van der Waals surface area contributed by atoms with Gasteiger partial charge in [-0.3, -0.25) is 0 Å². The summed E-state index contributed by atoms with van der Waals surface area (Å²) in [6.45, 7) is 4.12. The van der Waals surface area contributed by atoms with E-state index in [0.29, 0.717) is 0 Å². The molecule has 0 saturated carbocycles. The molecule has 0 aliphatic rings. The lowest BCUT2D eigenvalue weighted by atomic mass is 10.2. The van der Waals surface area contributed by atoms with E-state index in [1.54, 1.807) is 11.6 Å². The molecule has 0 atom stereocenters. The molecule has 0 N–H and O–H groups in total. The Morgan fingerprint density at radius 2 is 1.89 bits per heavy atom. The Morgan fingerprint density at radius 3 is 2.44 bits per heavy atom. The van der Waals surface area contributed by atoms with Crippen LogP contribution in [-0.2, 0) is 0 Å². The van der Waals surface area contributed by atoms with Crippen LogP contribution in [0.15, 0.2) is 35.2 Å². The zero-order valence-corrected chi connectivity index (χ0v) is 6.19. The van der Waals surface area contributed by atoms with Crippen molar-refractivity contribution in [2.75, 3.05) is 0 Å². The van der Waals surface area contributed by atoms with Crippen LogP contribution in [0.2, 0.25) is 6.82 Å². The normalized spacial score (nSPS) is 9.00. The van der Waals surface area contributed by atoms with Crippen LogP contribution in [0.5, 0.6) is 0 Å². The lowest BCUT2D eigenvalue weighted by molar-refractivity contribution is 1.48. The van der Waals surface area contributed by atoms with Gasteiger partial charge >= 0.3 is 0 Å². The Morgan fingerprint density at radius 1 is 1.22 bits per heavy atom. The first-order chi connectivity index (χ1) is 4.43. The van der Waals surface area contributed by atoms with Gasteiger partial charge in [0.25, 0.3) is 0 Å². The van der Waals surface area contributed by atoms with Gasteiger partial charge in [0.1, 0.15) is 0 Å². The minimum Gasteiger partial charge on any atom is -0.184 e. The van der Waals surface area contributed by atoms with Crippen molar-refractivity contribution < 1.29 is 0 Å². The first-order valence-electron chi connectivity index (χ1n) is 2.93. The molecule has 45 valence electrons. The van der Waals surface area contributed by atoms with Gasteiger partial charge in [-0.2, -0.15) is 11.6 Å². The molecule has 0 unspecified atom stereocenters. The molecule has 9 heavy (non-hydrogen) atoms. The summed E-state index contributed by atoms with van der Waals surface area (Å²) in [5, 5.41) is 0. The Balaban J connectivity index is 2.61. The van der Waals surface area contributed by atoms with Gasteiger partial charge in [-0.25, -0.2) is 0 Å². The van der Waals surface area contributed by atoms with Crippen molar-refractivity contribution in [3.63, 3.8) is 0 Å². The molecule has 1 aromatic carbocycles. The van der Waals surface area contributed by atoms with Gasteiger partial charge in [0.2, 0.25) is 0 Å². The first kappa shape index (κ1) is 6.75. The van der Waals surface area contributed by atoms with Crippen molar-refractivity contribution in [3.8, 4) is 0 Å². The van der Waals surface area contributed by atoms with Crippen LogP contribution in [-0.4, -0.2) is 6.56 Å². The van der Waals surface area contributed by atoms with Crippen molar-refractivity contribution in [1.82, 2.24) is 0 Å².